The second-order valence-electron chi connectivity index (χ2n) is 5.47. The summed E-state index contributed by atoms with van der Waals surface area (Å²) >= 11 is 0. The van der Waals surface area contributed by atoms with Crippen LogP contribution >= 0.6 is 0 Å². The Morgan fingerprint density at radius 3 is 2.45 bits per heavy atom. The van der Waals surface area contributed by atoms with Crippen LogP contribution in [0.25, 0.3) is 0 Å². The number of hydrogen-bond donors (Lipinski definition) is 3. The molecular formula is C14H19FN2O3. The van der Waals surface area contributed by atoms with Gasteiger partial charge >= 0.3 is 5.97 Å². The highest BCUT2D eigenvalue weighted by Crippen LogP contribution is 2.16. The molecule has 6 heteroatoms. The molecule has 1 amide bonds. The van der Waals surface area contributed by atoms with Gasteiger partial charge in [-0.1, -0.05) is 0 Å². The molecule has 0 aromatic heterocycles. The monoisotopic (exact) mass is 282 g/mol. The predicted octanol–water partition coefficient (Wildman–Crippen LogP) is 2.24. The summed E-state index contributed by atoms with van der Waals surface area (Å²) < 4.78 is 13.6. The third-order valence-corrected chi connectivity index (χ3v) is 2.50. The molecule has 1 aromatic rings. The van der Waals surface area contributed by atoms with Gasteiger partial charge in [0.15, 0.2) is 0 Å². The number of nitrogens with one attached hydrogen (secondary N) is 2. The van der Waals surface area contributed by atoms with E-state index in [0.717, 1.165) is 6.07 Å². The van der Waals surface area contributed by atoms with Gasteiger partial charge < -0.3 is 15.7 Å². The van der Waals surface area contributed by atoms with Crippen LogP contribution in [0.4, 0.5) is 10.1 Å². The van der Waals surface area contributed by atoms with Crippen molar-refractivity contribution in [3.63, 3.8) is 0 Å². The molecule has 0 fully saturated rings. The number of carboxylic acid groups (broad SMARTS) is 1. The zero-order valence-corrected chi connectivity index (χ0v) is 11.8. The lowest BCUT2D eigenvalue weighted by Gasteiger charge is -2.20. The second-order valence-corrected chi connectivity index (χ2v) is 5.47. The van der Waals surface area contributed by atoms with Crippen LogP contribution in [0.2, 0.25) is 0 Å². The highest BCUT2D eigenvalue weighted by Gasteiger charge is 2.12. The Bertz CT molecular complexity index is 510. The van der Waals surface area contributed by atoms with Crippen LogP contribution in [-0.2, 0) is 4.79 Å². The number of halogens is 1. The van der Waals surface area contributed by atoms with Crippen molar-refractivity contribution >= 4 is 17.6 Å². The van der Waals surface area contributed by atoms with Gasteiger partial charge in [-0.05, 0) is 39.0 Å². The number of benzene rings is 1. The van der Waals surface area contributed by atoms with E-state index in [-0.39, 0.29) is 29.1 Å². The van der Waals surface area contributed by atoms with E-state index in [0.29, 0.717) is 6.54 Å². The fraction of sp³-hybridized carbons (Fsp3) is 0.429. The van der Waals surface area contributed by atoms with Gasteiger partial charge in [-0.2, -0.15) is 0 Å². The minimum absolute atomic E-state index is 0.0178. The summed E-state index contributed by atoms with van der Waals surface area (Å²) in [5.74, 6) is -2.30. The van der Waals surface area contributed by atoms with Crippen molar-refractivity contribution < 1.29 is 19.1 Å². The van der Waals surface area contributed by atoms with Gasteiger partial charge in [0.2, 0.25) is 5.91 Å². The van der Waals surface area contributed by atoms with Crippen LogP contribution < -0.4 is 10.6 Å². The van der Waals surface area contributed by atoms with Gasteiger partial charge in [-0.3, -0.25) is 4.79 Å². The molecule has 110 valence electrons. The lowest BCUT2D eigenvalue weighted by atomic mass is 10.1. The summed E-state index contributed by atoms with van der Waals surface area (Å²) in [5.41, 5.74) is -0.264. The third-order valence-electron chi connectivity index (χ3n) is 2.50. The van der Waals surface area contributed by atoms with Gasteiger partial charge in [0, 0.05) is 18.5 Å². The molecule has 0 aliphatic rings. The number of carbonyl (C=O) groups is 2. The molecule has 1 aromatic carbocycles. The van der Waals surface area contributed by atoms with Crippen molar-refractivity contribution in [3.05, 3.63) is 29.6 Å². The number of hydrogen-bond acceptors (Lipinski definition) is 3. The third kappa shape index (κ3) is 5.36. The number of carbonyl (C=O) groups excluding carboxylic acids is 1. The Hall–Kier alpha value is -1.95. The number of aromatic carboxylic acids is 1. The normalized spacial score (nSPS) is 11.2. The van der Waals surface area contributed by atoms with Gasteiger partial charge in [-0.25, -0.2) is 9.18 Å². The second kappa shape index (κ2) is 6.47. The minimum atomic E-state index is -1.21. The molecule has 0 bridgehead atoms. The van der Waals surface area contributed by atoms with E-state index >= 15 is 0 Å². The van der Waals surface area contributed by atoms with Crippen molar-refractivity contribution in [3.8, 4) is 0 Å². The molecule has 0 saturated heterocycles. The largest absolute Gasteiger partial charge is 0.478 e. The molecule has 20 heavy (non-hydrogen) atoms. The van der Waals surface area contributed by atoms with Crippen LogP contribution in [-0.4, -0.2) is 29.1 Å². The Kier molecular flexibility index (Phi) is 5.21. The van der Waals surface area contributed by atoms with Gasteiger partial charge in [0.25, 0.3) is 0 Å². The first-order valence-electron chi connectivity index (χ1n) is 6.27. The van der Waals surface area contributed by atoms with Gasteiger partial charge in [-0.15, -0.1) is 0 Å². The highest BCUT2D eigenvalue weighted by atomic mass is 19.1. The molecule has 1 rings (SSSR count). The topological polar surface area (TPSA) is 78.4 Å². The smallest absolute Gasteiger partial charge is 0.335 e. The molecule has 0 aliphatic heterocycles. The zero-order valence-electron chi connectivity index (χ0n) is 11.8. The van der Waals surface area contributed by atoms with Crippen LogP contribution in [0.5, 0.6) is 0 Å². The van der Waals surface area contributed by atoms with E-state index in [1.807, 2.05) is 20.8 Å². The maximum absolute atomic E-state index is 13.6. The molecule has 3 N–H and O–H groups in total. The van der Waals surface area contributed by atoms with Crippen molar-refractivity contribution in [1.82, 2.24) is 5.32 Å². The lowest BCUT2D eigenvalue weighted by molar-refractivity contribution is -0.116. The van der Waals surface area contributed by atoms with E-state index in [1.165, 1.54) is 12.1 Å². The minimum Gasteiger partial charge on any atom is -0.478 e. The van der Waals surface area contributed by atoms with Gasteiger partial charge in [0.05, 0.1) is 11.3 Å². The number of amides is 1. The van der Waals surface area contributed by atoms with Crippen molar-refractivity contribution in [2.45, 2.75) is 32.7 Å². The van der Waals surface area contributed by atoms with E-state index in [2.05, 4.69) is 10.6 Å². The van der Waals surface area contributed by atoms with Crippen molar-refractivity contribution in [2.75, 3.05) is 11.9 Å². The molecule has 0 radical (unpaired) electrons. The molecule has 0 saturated carbocycles. The van der Waals surface area contributed by atoms with E-state index < -0.39 is 11.8 Å². The first-order valence-corrected chi connectivity index (χ1v) is 6.27. The summed E-state index contributed by atoms with van der Waals surface area (Å²) in [6.45, 7) is 6.42. The maximum Gasteiger partial charge on any atom is 0.335 e. The highest BCUT2D eigenvalue weighted by molar-refractivity contribution is 5.92. The number of anilines is 1. The Morgan fingerprint density at radius 2 is 1.95 bits per heavy atom. The Morgan fingerprint density at radius 1 is 1.30 bits per heavy atom. The number of rotatable bonds is 5. The quantitative estimate of drug-likeness (QED) is 0.774. The molecule has 0 heterocycles. The first-order chi connectivity index (χ1) is 9.19. The summed E-state index contributed by atoms with van der Waals surface area (Å²) in [4.78, 5) is 22.3. The summed E-state index contributed by atoms with van der Waals surface area (Å²) in [7, 11) is 0. The van der Waals surface area contributed by atoms with Gasteiger partial charge in [0.1, 0.15) is 5.82 Å². The van der Waals surface area contributed by atoms with Crippen molar-refractivity contribution in [2.24, 2.45) is 0 Å². The molecule has 0 aliphatic carbocycles. The van der Waals surface area contributed by atoms with Crippen LogP contribution in [0.3, 0.4) is 0 Å². The average Bonchev–Trinajstić information content (AvgIpc) is 2.29. The first kappa shape index (κ1) is 16.1. The SMILES string of the molecule is CC(C)(C)NCCC(=O)Nc1ccc(C(=O)O)cc1F. The van der Waals surface area contributed by atoms with Crippen molar-refractivity contribution in [1.29, 1.82) is 0 Å². The standard InChI is InChI=1S/C14H19FN2O3/c1-14(2,3)16-7-6-12(18)17-11-5-4-9(13(19)20)8-10(11)15/h4-5,8,16H,6-7H2,1-3H3,(H,17,18)(H,19,20). The average molecular weight is 282 g/mol. The Labute approximate surface area is 117 Å². The fourth-order valence-electron chi connectivity index (χ4n) is 1.51. The van der Waals surface area contributed by atoms with Crippen LogP contribution in [0.15, 0.2) is 18.2 Å². The zero-order chi connectivity index (χ0) is 15.3. The molecule has 0 atom stereocenters. The maximum atomic E-state index is 13.6. The molecule has 5 nitrogen and oxygen atoms in total. The number of carboxylic acids is 1. The fourth-order valence-corrected chi connectivity index (χ4v) is 1.51. The molecule has 0 unspecified atom stereocenters. The molecule has 0 spiro atoms. The van der Waals surface area contributed by atoms with E-state index in [9.17, 15) is 14.0 Å². The Balaban J connectivity index is 2.56. The summed E-state index contributed by atoms with van der Waals surface area (Å²) in [6.07, 6.45) is 0.206. The predicted molar refractivity (Wildman–Crippen MR) is 74.4 cm³/mol. The van der Waals surface area contributed by atoms with E-state index in [1.54, 1.807) is 0 Å². The molecular weight excluding hydrogens is 263 g/mol. The van der Waals surface area contributed by atoms with Crippen LogP contribution in [0.1, 0.15) is 37.6 Å². The summed E-state index contributed by atoms with van der Waals surface area (Å²) in [6, 6.07) is 3.37. The summed E-state index contributed by atoms with van der Waals surface area (Å²) in [5, 5.41) is 14.3. The lowest BCUT2D eigenvalue weighted by Crippen LogP contribution is -2.37. The van der Waals surface area contributed by atoms with E-state index in [4.69, 9.17) is 5.11 Å². The van der Waals surface area contributed by atoms with Crippen LogP contribution in [0, 0.1) is 5.82 Å².